The molecule has 0 radical (unpaired) electrons. The van der Waals surface area contributed by atoms with Crippen LogP contribution in [0.3, 0.4) is 0 Å². The molecule has 1 aliphatic heterocycles. The van der Waals surface area contributed by atoms with Crippen LogP contribution in [0.1, 0.15) is 53.4 Å². The molecule has 2 unspecified atom stereocenters. The van der Waals surface area contributed by atoms with E-state index in [2.05, 4.69) is 39.1 Å². The first-order valence-corrected chi connectivity index (χ1v) is 11.3. The molecule has 1 saturated heterocycles. The van der Waals surface area contributed by atoms with Crippen molar-refractivity contribution in [2.75, 3.05) is 19.6 Å². The monoisotopic (exact) mass is 416 g/mol. The van der Waals surface area contributed by atoms with E-state index in [-0.39, 0.29) is 35.0 Å². The molecule has 0 bridgehead atoms. The highest BCUT2D eigenvalue weighted by molar-refractivity contribution is 5.82. The number of piperidine rings is 1. The number of carbonyl (C=O) groups excluding carboxylic acids is 1. The van der Waals surface area contributed by atoms with Crippen molar-refractivity contribution in [1.82, 2.24) is 10.2 Å². The van der Waals surface area contributed by atoms with Crippen molar-refractivity contribution in [3.05, 3.63) is 47.5 Å². The Labute approximate surface area is 180 Å². The summed E-state index contributed by atoms with van der Waals surface area (Å²) in [5, 5.41) is 13.2. The smallest absolute Gasteiger partial charge is 0.239 e. The second-order valence-electron chi connectivity index (χ2n) is 10.1. The number of likely N-dealkylation sites (tertiary alicyclic amines) is 1. The average molecular weight is 417 g/mol. The van der Waals surface area contributed by atoms with Crippen LogP contribution in [-0.2, 0) is 4.79 Å². The van der Waals surface area contributed by atoms with Crippen LogP contribution in [0, 0.1) is 23.2 Å². The molecule has 5 heteroatoms. The Balaban J connectivity index is 1.62. The predicted octanol–water partition coefficient (Wildman–Crippen LogP) is 5.07. The summed E-state index contributed by atoms with van der Waals surface area (Å²) >= 11 is 0. The molecule has 3 atom stereocenters. The van der Waals surface area contributed by atoms with Gasteiger partial charge in [-0.3, -0.25) is 4.79 Å². The zero-order valence-electron chi connectivity index (χ0n) is 18.8. The number of aliphatic hydroxyl groups is 1. The van der Waals surface area contributed by atoms with Gasteiger partial charge in [-0.1, -0.05) is 51.5 Å². The van der Waals surface area contributed by atoms with E-state index in [1.807, 2.05) is 17.1 Å². The lowest BCUT2D eigenvalue weighted by Gasteiger charge is -2.47. The summed E-state index contributed by atoms with van der Waals surface area (Å²) in [5.41, 5.74) is 1.29. The van der Waals surface area contributed by atoms with Gasteiger partial charge in [-0.2, -0.15) is 0 Å². The number of nitrogens with zero attached hydrogens (tertiary/aromatic N) is 1. The van der Waals surface area contributed by atoms with Gasteiger partial charge in [0.1, 0.15) is 5.83 Å². The van der Waals surface area contributed by atoms with Crippen molar-refractivity contribution in [3.63, 3.8) is 0 Å². The van der Waals surface area contributed by atoms with Crippen molar-refractivity contribution >= 4 is 5.91 Å². The molecule has 1 amide bonds. The van der Waals surface area contributed by atoms with Crippen LogP contribution in [0.5, 0.6) is 0 Å². The lowest BCUT2D eigenvalue weighted by molar-refractivity contribution is -0.138. The molecule has 166 valence electrons. The molecule has 4 nitrogen and oxygen atoms in total. The average Bonchev–Trinajstić information content (AvgIpc) is 2.68. The number of carbonyl (C=O) groups is 1. The van der Waals surface area contributed by atoms with Crippen LogP contribution in [0.4, 0.5) is 4.39 Å². The maximum atomic E-state index is 13.4. The Morgan fingerprint density at radius 1 is 1.30 bits per heavy atom. The maximum Gasteiger partial charge on any atom is 0.239 e. The first-order chi connectivity index (χ1) is 14.2. The van der Waals surface area contributed by atoms with Gasteiger partial charge in [0.15, 0.2) is 0 Å². The number of aliphatic hydroxyl groups excluding tert-OH is 1. The summed E-state index contributed by atoms with van der Waals surface area (Å²) in [7, 11) is 0. The van der Waals surface area contributed by atoms with Gasteiger partial charge in [0.05, 0.1) is 11.8 Å². The van der Waals surface area contributed by atoms with Gasteiger partial charge in [-0.05, 0) is 48.2 Å². The molecular formula is C25H37FN2O2. The zero-order chi connectivity index (χ0) is 21.9. The van der Waals surface area contributed by atoms with E-state index in [0.717, 1.165) is 25.9 Å². The van der Waals surface area contributed by atoms with Crippen LogP contribution in [-0.4, -0.2) is 41.6 Å². The van der Waals surface area contributed by atoms with Crippen LogP contribution < -0.4 is 5.32 Å². The molecule has 2 N–H and O–H groups in total. The highest BCUT2D eigenvalue weighted by Gasteiger charge is 2.41. The number of hydrogen-bond acceptors (Lipinski definition) is 3. The summed E-state index contributed by atoms with van der Waals surface area (Å²) in [4.78, 5) is 15.4. The number of hydrogen-bond donors (Lipinski definition) is 2. The van der Waals surface area contributed by atoms with Gasteiger partial charge >= 0.3 is 0 Å². The first kappa shape index (κ1) is 22.8. The van der Waals surface area contributed by atoms with Crippen LogP contribution in [0.2, 0.25) is 0 Å². The third-order valence-electron chi connectivity index (χ3n) is 6.80. The summed E-state index contributed by atoms with van der Waals surface area (Å²) in [6.07, 6.45) is 12.1. The largest absolute Gasteiger partial charge is 0.512 e. The second-order valence-corrected chi connectivity index (χ2v) is 10.1. The third-order valence-corrected chi connectivity index (χ3v) is 6.80. The molecule has 1 heterocycles. The Bertz CT molecular complexity index is 763. The molecule has 2 aliphatic carbocycles. The minimum absolute atomic E-state index is 0.0355. The zero-order valence-corrected chi connectivity index (χ0v) is 18.8. The van der Waals surface area contributed by atoms with E-state index < -0.39 is 0 Å². The molecular weight excluding hydrogens is 379 g/mol. The molecule has 0 saturated carbocycles. The normalized spacial score (nSPS) is 27.4. The lowest BCUT2D eigenvalue weighted by atomic mass is 9.68. The van der Waals surface area contributed by atoms with E-state index in [4.69, 9.17) is 0 Å². The summed E-state index contributed by atoms with van der Waals surface area (Å²) < 4.78 is 13.4. The molecule has 0 aromatic heterocycles. The number of amides is 1. The second kappa shape index (κ2) is 9.51. The van der Waals surface area contributed by atoms with Gasteiger partial charge in [0, 0.05) is 32.5 Å². The van der Waals surface area contributed by atoms with Crippen molar-refractivity contribution in [3.8, 4) is 0 Å². The summed E-state index contributed by atoms with van der Waals surface area (Å²) in [6.45, 7) is 10.8. The SMILES string of the molecule is CC(C)[C@@H](NCC1C=CC=C(O)C1)C(=O)N1CCC(C2=CC=C(F)CC2)C(C)(C)C1. The highest BCUT2D eigenvalue weighted by atomic mass is 19.1. The predicted molar refractivity (Wildman–Crippen MR) is 120 cm³/mol. The fourth-order valence-corrected chi connectivity index (χ4v) is 5.10. The molecule has 3 aliphatic rings. The fourth-order valence-electron chi connectivity index (χ4n) is 5.10. The van der Waals surface area contributed by atoms with E-state index in [1.54, 1.807) is 12.2 Å². The van der Waals surface area contributed by atoms with E-state index >= 15 is 0 Å². The minimum Gasteiger partial charge on any atom is -0.512 e. The van der Waals surface area contributed by atoms with Crippen LogP contribution >= 0.6 is 0 Å². The van der Waals surface area contributed by atoms with Gasteiger partial charge in [0.25, 0.3) is 0 Å². The lowest BCUT2D eigenvalue weighted by Crippen LogP contribution is -2.56. The standard InChI is InChI=1S/C25H37FN2O2/c1-17(2)23(27-15-18-6-5-7-21(29)14-18)24(30)28-13-12-22(25(3,4)16-28)19-8-10-20(26)11-9-19/h5-8,10,17-18,22-23,27,29H,9,11-16H2,1-4H3/t18?,22?,23-/m1/s1. The Morgan fingerprint density at radius 2 is 2.07 bits per heavy atom. The summed E-state index contributed by atoms with van der Waals surface area (Å²) in [5.74, 6) is 1.30. The Hall–Kier alpha value is -1.88. The molecule has 0 spiro atoms. The van der Waals surface area contributed by atoms with Gasteiger partial charge < -0.3 is 15.3 Å². The first-order valence-electron chi connectivity index (χ1n) is 11.3. The molecule has 1 fully saturated rings. The molecule has 3 rings (SSSR count). The minimum atomic E-state index is -0.232. The van der Waals surface area contributed by atoms with Gasteiger partial charge in [-0.25, -0.2) is 4.39 Å². The number of allylic oxidation sites excluding steroid dienone is 7. The Morgan fingerprint density at radius 3 is 2.67 bits per heavy atom. The number of halogens is 1. The fraction of sp³-hybridized carbons (Fsp3) is 0.640. The van der Waals surface area contributed by atoms with Crippen LogP contribution in [0.15, 0.2) is 47.5 Å². The van der Waals surface area contributed by atoms with Crippen molar-refractivity contribution in [2.24, 2.45) is 23.2 Å². The van der Waals surface area contributed by atoms with Gasteiger partial charge in [0.2, 0.25) is 5.91 Å². The maximum absolute atomic E-state index is 13.4. The van der Waals surface area contributed by atoms with Gasteiger partial charge in [-0.15, -0.1) is 0 Å². The quantitative estimate of drug-likeness (QED) is 0.636. The highest BCUT2D eigenvalue weighted by Crippen LogP contribution is 2.42. The van der Waals surface area contributed by atoms with Crippen molar-refractivity contribution in [2.45, 2.75) is 59.4 Å². The molecule has 0 aromatic rings. The third kappa shape index (κ3) is 5.42. The number of nitrogens with one attached hydrogen (secondary N) is 1. The topological polar surface area (TPSA) is 52.6 Å². The van der Waals surface area contributed by atoms with Crippen molar-refractivity contribution in [1.29, 1.82) is 0 Å². The van der Waals surface area contributed by atoms with E-state index in [9.17, 15) is 14.3 Å². The molecule has 0 aromatic carbocycles. The van der Waals surface area contributed by atoms with Crippen LogP contribution in [0.25, 0.3) is 0 Å². The Kier molecular flexibility index (Phi) is 7.22. The molecule has 30 heavy (non-hydrogen) atoms. The summed E-state index contributed by atoms with van der Waals surface area (Å²) in [6, 6.07) is -0.232. The van der Waals surface area contributed by atoms with Crippen molar-refractivity contribution < 1.29 is 14.3 Å². The number of rotatable bonds is 6. The van der Waals surface area contributed by atoms with E-state index in [1.165, 1.54) is 5.57 Å². The van der Waals surface area contributed by atoms with E-state index in [0.29, 0.717) is 31.1 Å².